The molecule has 1 fully saturated rings. The zero-order valence-electron chi connectivity index (χ0n) is 14.0. The molecule has 1 saturated heterocycles. The first-order chi connectivity index (χ1) is 11.1. The van der Waals surface area contributed by atoms with Crippen molar-refractivity contribution in [1.82, 2.24) is 19.4 Å². The minimum Gasteiger partial charge on any atom is -0.374 e. The smallest absolute Gasteiger partial charge is 0.374 e. The van der Waals surface area contributed by atoms with Gasteiger partial charge in [-0.2, -0.15) is 13.2 Å². The van der Waals surface area contributed by atoms with E-state index in [4.69, 9.17) is 0 Å². The van der Waals surface area contributed by atoms with Crippen LogP contribution >= 0.6 is 0 Å². The van der Waals surface area contributed by atoms with Crippen LogP contribution in [0.2, 0.25) is 0 Å². The molecule has 1 aliphatic heterocycles. The van der Waals surface area contributed by atoms with Crippen LogP contribution in [0.25, 0.3) is 0 Å². The summed E-state index contributed by atoms with van der Waals surface area (Å²) in [7, 11) is 4.75. The summed E-state index contributed by atoms with van der Waals surface area (Å²) in [5.41, 5.74) is -3.31. The maximum Gasteiger partial charge on any atom is 0.425 e. The van der Waals surface area contributed by atoms with Crippen molar-refractivity contribution in [2.45, 2.75) is 37.1 Å². The number of aliphatic hydroxyl groups is 1. The molecule has 2 atom stereocenters. The molecule has 2 unspecified atom stereocenters. The highest BCUT2D eigenvalue weighted by Crippen LogP contribution is 2.41. The summed E-state index contributed by atoms with van der Waals surface area (Å²) < 4.78 is 41.6. The van der Waals surface area contributed by atoms with E-state index in [-0.39, 0.29) is 6.04 Å². The van der Waals surface area contributed by atoms with Crippen LogP contribution in [0.1, 0.15) is 25.1 Å². The van der Waals surface area contributed by atoms with Crippen molar-refractivity contribution in [3.63, 3.8) is 0 Å². The predicted octanol–water partition coefficient (Wildman–Crippen LogP) is 1.11. The second-order valence-corrected chi connectivity index (χ2v) is 6.46. The summed E-state index contributed by atoms with van der Waals surface area (Å²) in [5.74, 6) is -1.34. The molecule has 24 heavy (non-hydrogen) atoms. The van der Waals surface area contributed by atoms with Crippen molar-refractivity contribution >= 4 is 5.91 Å². The third-order valence-electron chi connectivity index (χ3n) is 4.61. The van der Waals surface area contributed by atoms with Crippen molar-refractivity contribution < 1.29 is 23.1 Å². The summed E-state index contributed by atoms with van der Waals surface area (Å²) in [6.07, 6.45) is -2.02. The number of alkyl halides is 3. The number of rotatable bonds is 4. The zero-order valence-corrected chi connectivity index (χ0v) is 14.0. The molecule has 0 bridgehead atoms. The Bertz CT molecular complexity index is 590. The number of likely N-dealkylation sites (tertiary alicyclic amines) is 1. The van der Waals surface area contributed by atoms with Crippen LogP contribution < -0.4 is 0 Å². The van der Waals surface area contributed by atoms with Crippen LogP contribution in [0.15, 0.2) is 12.4 Å². The number of amides is 1. The number of carbonyl (C=O) groups is 1. The summed E-state index contributed by atoms with van der Waals surface area (Å²) in [4.78, 5) is 19.4. The van der Waals surface area contributed by atoms with E-state index in [1.807, 2.05) is 11.9 Å². The summed E-state index contributed by atoms with van der Waals surface area (Å²) >= 11 is 0. The van der Waals surface area contributed by atoms with Gasteiger partial charge in [0.05, 0.1) is 6.42 Å². The van der Waals surface area contributed by atoms with E-state index in [0.29, 0.717) is 6.54 Å². The molecule has 1 aliphatic rings. The average Bonchev–Trinajstić information content (AvgIpc) is 2.91. The second kappa shape index (κ2) is 6.72. The van der Waals surface area contributed by atoms with Crippen LogP contribution in [0.4, 0.5) is 13.2 Å². The summed E-state index contributed by atoms with van der Waals surface area (Å²) in [6.45, 7) is 1.51. The third-order valence-corrected chi connectivity index (χ3v) is 4.61. The quantitative estimate of drug-likeness (QED) is 0.886. The Morgan fingerprint density at radius 3 is 2.62 bits per heavy atom. The molecule has 6 nitrogen and oxygen atoms in total. The fourth-order valence-corrected chi connectivity index (χ4v) is 3.07. The summed E-state index contributed by atoms with van der Waals surface area (Å²) in [6, 6.07) is -0.157. The molecule has 1 amide bonds. The highest BCUT2D eigenvalue weighted by atomic mass is 19.4. The average molecular weight is 348 g/mol. The number of likely N-dealkylation sites (N-methyl/N-ethyl adjacent to an activating group) is 2. The molecule has 0 saturated carbocycles. The number of hydrogen-bond donors (Lipinski definition) is 1. The Labute approximate surface area is 138 Å². The fourth-order valence-electron chi connectivity index (χ4n) is 3.07. The minimum atomic E-state index is -5.01. The minimum absolute atomic E-state index is 0.157. The van der Waals surface area contributed by atoms with Crippen LogP contribution in [-0.4, -0.2) is 69.8 Å². The molecule has 1 aromatic heterocycles. The Morgan fingerprint density at radius 1 is 1.46 bits per heavy atom. The number of aromatic nitrogens is 2. The summed E-state index contributed by atoms with van der Waals surface area (Å²) in [5, 5.41) is 10.3. The van der Waals surface area contributed by atoms with Gasteiger partial charge in [-0.1, -0.05) is 0 Å². The van der Waals surface area contributed by atoms with Crippen molar-refractivity contribution in [1.29, 1.82) is 0 Å². The van der Waals surface area contributed by atoms with Crippen molar-refractivity contribution in [2.24, 2.45) is 7.05 Å². The van der Waals surface area contributed by atoms with E-state index >= 15 is 0 Å². The molecule has 2 heterocycles. The zero-order chi connectivity index (χ0) is 18.1. The Hall–Kier alpha value is -1.61. The monoisotopic (exact) mass is 348 g/mol. The lowest BCUT2D eigenvalue weighted by atomic mass is 9.95. The second-order valence-electron chi connectivity index (χ2n) is 6.46. The number of piperidine rings is 1. The van der Waals surface area contributed by atoms with Crippen molar-refractivity contribution in [3.05, 3.63) is 18.2 Å². The Balaban J connectivity index is 2.21. The standard InChI is InChI=1S/C15H23F3N4O2/c1-20-7-4-5-11(10-20)22(3)12(23)9-14(24,15(16,17)18)13-19-6-8-21(13)2/h6,8,11,24H,4-5,7,9-10H2,1-3H3. The van der Waals surface area contributed by atoms with Gasteiger partial charge in [-0.05, 0) is 26.4 Å². The first kappa shape index (κ1) is 18.7. The Kier molecular flexibility index (Phi) is 5.24. The number of aryl methyl sites for hydroxylation is 1. The molecule has 0 aromatic carbocycles. The van der Waals surface area contributed by atoms with Crippen LogP contribution in [-0.2, 0) is 17.4 Å². The SMILES string of the molecule is CN1CCCC(N(C)C(=O)CC(O)(c2nccn2C)C(F)(F)F)C1. The van der Waals surface area contributed by atoms with Crippen LogP contribution in [0, 0.1) is 0 Å². The normalized spacial score (nSPS) is 22.2. The van der Waals surface area contributed by atoms with Crippen LogP contribution in [0.5, 0.6) is 0 Å². The van der Waals surface area contributed by atoms with Gasteiger partial charge in [-0.3, -0.25) is 4.79 Å². The van der Waals surface area contributed by atoms with Gasteiger partial charge < -0.3 is 19.5 Å². The number of nitrogens with zero attached hydrogens (tertiary/aromatic N) is 4. The first-order valence-corrected chi connectivity index (χ1v) is 7.77. The molecule has 0 spiro atoms. The molecule has 1 aromatic rings. The fraction of sp³-hybridized carbons (Fsp3) is 0.733. The molecular formula is C15H23F3N4O2. The molecule has 0 aliphatic carbocycles. The van der Waals surface area contributed by atoms with E-state index in [1.165, 1.54) is 25.2 Å². The van der Waals surface area contributed by atoms with Crippen molar-refractivity contribution in [2.75, 3.05) is 27.2 Å². The highest BCUT2D eigenvalue weighted by molar-refractivity contribution is 5.77. The molecule has 136 valence electrons. The molecule has 0 radical (unpaired) electrons. The first-order valence-electron chi connectivity index (χ1n) is 7.77. The number of hydrogen-bond acceptors (Lipinski definition) is 4. The van der Waals surface area contributed by atoms with Gasteiger partial charge in [-0.15, -0.1) is 0 Å². The van der Waals surface area contributed by atoms with Gasteiger partial charge in [0.1, 0.15) is 0 Å². The van der Waals surface area contributed by atoms with E-state index in [0.717, 1.165) is 30.2 Å². The third kappa shape index (κ3) is 3.56. The topological polar surface area (TPSA) is 61.6 Å². The molecule has 2 rings (SSSR count). The van der Waals surface area contributed by atoms with Gasteiger partial charge in [0.2, 0.25) is 11.5 Å². The van der Waals surface area contributed by atoms with E-state index in [2.05, 4.69) is 4.98 Å². The van der Waals surface area contributed by atoms with E-state index in [9.17, 15) is 23.1 Å². The van der Waals surface area contributed by atoms with E-state index < -0.39 is 29.9 Å². The van der Waals surface area contributed by atoms with Gasteiger partial charge in [0.15, 0.2) is 5.82 Å². The molecule has 1 N–H and O–H groups in total. The van der Waals surface area contributed by atoms with Gasteiger partial charge >= 0.3 is 6.18 Å². The lowest BCUT2D eigenvalue weighted by molar-refractivity contribution is -0.272. The van der Waals surface area contributed by atoms with Crippen molar-refractivity contribution in [3.8, 4) is 0 Å². The predicted molar refractivity (Wildman–Crippen MR) is 81.1 cm³/mol. The Morgan fingerprint density at radius 2 is 2.12 bits per heavy atom. The van der Waals surface area contributed by atoms with E-state index in [1.54, 1.807) is 0 Å². The van der Waals surface area contributed by atoms with Gasteiger partial charge in [0, 0.05) is 39.1 Å². The molecule has 9 heteroatoms. The number of carbonyl (C=O) groups excluding carboxylic acids is 1. The maximum atomic E-state index is 13.5. The molecular weight excluding hydrogens is 325 g/mol. The largest absolute Gasteiger partial charge is 0.425 e. The van der Waals surface area contributed by atoms with Crippen LogP contribution in [0.3, 0.4) is 0 Å². The number of imidazole rings is 1. The van der Waals surface area contributed by atoms with Gasteiger partial charge in [0.25, 0.3) is 0 Å². The maximum absolute atomic E-state index is 13.5. The number of halogens is 3. The van der Waals surface area contributed by atoms with Gasteiger partial charge in [-0.25, -0.2) is 4.98 Å². The highest BCUT2D eigenvalue weighted by Gasteiger charge is 2.59. The lowest BCUT2D eigenvalue weighted by Crippen LogP contribution is -2.52. The lowest BCUT2D eigenvalue weighted by Gasteiger charge is -2.37.